The molecule has 0 aromatic carbocycles. The molecule has 0 amide bonds. The van der Waals surface area contributed by atoms with Gasteiger partial charge in [0.25, 0.3) is 0 Å². The lowest BCUT2D eigenvalue weighted by Gasteiger charge is -2.28. The maximum absolute atomic E-state index is 5.56. The van der Waals surface area contributed by atoms with Crippen molar-refractivity contribution in [1.29, 1.82) is 0 Å². The predicted molar refractivity (Wildman–Crippen MR) is 60.2 cm³/mol. The molecule has 2 bridgehead atoms. The Labute approximate surface area is 95.8 Å². The normalized spacial score (nSPS) is 29.9. The average molecular weight is 303 g/mol. The summed E-state index contributed by atoms with van der Waals surface area (Å²) in [4.78, 5) is 10.7. The third-order valence-electron chi connectivity index (χ3n) is 2.82. The highest BCUT2D eigenvalue weighted by Crippen LogP contribution is 2.32. The summed E-state index contributed by atoms with van der Waals surface area (Å²) in [6.07, 6.45) is 5.05. The molecule has 2 aliphatic rings. The van der Waals surface area contributed by atoms with Crippen LogP contribution in [0.25, 0.3) is 0 Å². The van der Waals surface area contributed by atoms with Gasteiger partial charge in [-0.25, -0.2) is 9.97 Å². The molecule has 0 radical (unpaired) electrons. The monoisotopic (exact) mass is 303 g/mol. The van der Waals surface area contributed by atoms with Crippen molar-refractivity contribution in [3.8, 4) is 0 Å². The quantitative estimate of drug-likeness (QED) is 0.727. The molecule has 0 N–H and O–H groups in total. The fourth-order valence-electron chi connectivity index (χ4n) is 2.18. The van der Waals surface area contributed by atoms with Gasteiger partial charge in [-0.15, -0.1) is 0 Å². The van der Waals surface area contributed by atoms with Crippen molar-refractivity contribution in [2.75, 3.05) is 18.1 Å². The van der Waals surface area contributed by atoms with Gasteiger partial charge in [-0.3, -0.25) is 0 Å². The molecule has 0 saturated carbocycles. The topological polar surface area (TPSA) is 38.2 Å². The van der Waals surface area contributed by atoms with Crippen LogP contribution in [0.15, 0.2) is 12.5 Å². The molecule has 74 valence electrons. The Morgan fingerprint density at radius 3 is 3.14 bits per heavy atom. The van der Waals surface area contributed by atoms with E-state index in [0.717, 1.165) is 29.0 Å². The van der Waals surface area contributed by atoms with E-state index in [1.807, 2.05) is 6.20 Å². The summed E-state index contributed by atoms with van der Waals surface area (Å²) < 4.78 is 6.68. The molecule has 3 heterocycles. The zero-order valence-corrected chi connectivity index (χ0v) is 9.72. The van der Waals surface area contributed by atoms with Gasteiger partial charge in [0, 0.05) is 12.7 Å². The second-order valence-corrected chi connectivity index (χ2v) is 4.85. The first-order chi connectivity index (χ1) is 6.84. The third-order valence-corrected chi connectivity index (χ3v) is 3.58. The first-order valence-electron chi connectivity index (χ1n) is 4.68. The summed E-state index contributed by atoms with van der Waals surface area (Å²) in [5, 5.41) is 0. The lowest BCUT2D eigenvalue weighted by atomic mass is 10.2. The van der Waals surface area contributed by atoms with E-state index in [2.05, 4.69) is 37.5 Å². The van der Waals surface area contributed by atoms with Crippen molar-refractivity contribution in [3.05, 3.63) is 16.1 Å². The molecule has 2 atom stereocenters. The minimum atomic E-state index is 0.422. The van der Waals surface area contributed by atoms with Crippen LogP contribution in [-0.2, 0) is 4.74 Å². The second-order valence-electron chi connectivity index (χ2n) is 3.69. The summed E-state index contributed by atoms with van der Waals surface area (Å²) in [5.74, 6) is 1.07. The number of ether oxygens (including phenoxy) is 1. The van der Waals surface area contributed by atoms with Crippen LogP contribution in [0.1, 0.15) is 6.42 Å². The number of hydrogen-bond donors (Lipinski definition) is 0. The van der Waals surface area contributed by atoms with Crippen LogP contribution in [0.2, 0.25) is 0 Å². The summed E-state index contributed by atoms with van der Waals surface area (Å²) >= 11 is 2.28. The largest absolute Gasteiger partial charge is 0.374 e. The van der Waals surface area contributed by atoms with Gasteiger partial charge in [0.15, 0.2) is 0 Å². The van der Waals surface area contributed by atoms with Crippen LogP contribution in [0.4, 0.5) is 5.82 Å². The molecule has 1 aromatic heterocycles. The van der Waals surface area contributed by atoms with Crippen LogP contribution in [0.3, 0.4) is 0 Å². The van der Waals surface area contributed by atoms with Gasteiger partial charge in [0.1, 0.15) is 12.1 Å². The Balaban J connectivity index is 1.93. The smallest absolute Gasteiger partial charge is 0.145 e. The predicted octanol–water partition coefficient (Wildman–Crippen LogP) is 1.06. The highest BCUT2D eigenvalue weighted by Gasteiger charge is 2.40. The van der Waals surface area contributed by atoms with Crippen molar-refractivity contribution in [2.45, 2.75) is 18.6 Å². The van der Waals surface area contributed by atoms with E-state index >= 15 is 0 Å². The lowest BCUT2D eigenvalue weighted by Crippen LogP contribution is -2.38. The van der Waals surface area contributed by atoms with E-state index in [1.165, 1.54) is 0 Å². The molecule has 2 aliphatic heterocycles. The fourth-order valence-corrected chi connectivity index (χ4v) is 2.79. The number of nitrogens with zero attached hydrogens (tertiary/aromatic N) is 3. The van der Waals surface area contributed by atoms with Gasteiger partial charge in [0.05, 0.1) is 22.3 Å². The first kappa shape index (κ1) is 8.84. The highest BCUT2D eigenvalue weighted by atomic mass is 127. The number of anilines is 1. The minimum absolute atomic E-state index is 0.422. The average Bonchev–Trinajstić information content (AvgIpc) is 2.79. The van der Waals surface area contributed by atoms with E-state index in [4.69, 9.17) is 4.74 Å². The van der Waals surface area contributed by atoms with Crippen LogP contribution in [-0.4, -0.2) is 35.3 Å². The van der Waals surface area contributed by atoms with Gasteiger partial charge in [0.2, 0.25) is 0 Å². The molecule has 4 nitrogen and oxygen atoms in total. The van der Waals surface area contributed by atoms with E-state index in [0.29, 0.717) is 12.1 Å². The maximum Gasteiger partial charge on any atom is 0.145 e. The van der Waals surface area contributed by atoms with E-state index < -0.39 is 0 Å². The Hall–Kier alpha value is -0.430. The van der Waals surface area contributed by atoms with Crippen molar-refractivity contribution >= 4 is 28.4 Å². The number of rotatable bonds is 1. The number of fused-ring (bicyclic) bond motifs is 2. The van der Waals surface area contributed by atoms with Gasteiger partial charge >= 0.3 is 0 Å². The maximum atomic E-state index is 5.56. The van der Waals surface area contributed by atoms with E-state index in [9.17, 15) is 0 Å². The highest BCUT2D eigenvalue weighted by molar-refractivity contribution is 14.1. The molecule has 0 spiro atoms. The van der Waals surface area contributed by atoms with Crippen LogP contribution in [0.5, 0.6) is 0 Å². The van der Waals surface area contributed by atoms with E-state index in [1.54, 1.807) is 6.33 Å². The van der Waals surface area contributed by atoms with Gasteiger partial charge < -0.3 is 9.64 Å². The van der Waals surface area contributed by atoms with E-state index in [-0.39, 0.29) is 0 Å². The number of hydrogen-bond acceptors (Lipinski definition) is 4. The zero-order valence-electron chi connectivity index (χ0n) is 7.56. The number of aromatic nitrogens is 2. The van der Waals surface area contributed by atoms with Crippen molar-refractivity contribution in [3.63, 3.8) is 0 Å². The molecule has 14 heavy (non-hydrogen) atoms. The Morgan fingerprint density at radius 2 is 2.50 bits per heavy atom. The molecule has 0 aliphatic carbocycles. The zero-order chi connectivity index (χ0) is 9.54. The molecule has 3 rings (SSSR count). The number of halogens is 1. The van der Waals surface area contributed by atoms with Gasteiger partial charge in [-0.2, -0.15) is 0 Å². The molecule has 2 fully saturated rings. The van der Waals surface area contributed by atoms with Gasteiger partial charge in [-0.05, 0) is 29.0 Å². The van der Waals surface area contributed by atoms with Crippen molar-refractivity contribution < 1.29 is 4.74 Å². The number of morpholine rings is 1. The summed E-state index contributed by atoms with van der Waals surface area (Å²) in [6, 6.07) is 0.531. The summed E-state index contributed by atoms with van der Waals surface area (Å²) in [5.41, 5.74) is 0. The summed E-state index contributed by atoms with van der Waals surface area (Å²) in [7, 11) is 0. The van der Waals surface area contributed by atoms with Crippen molar-refractivity contribution in [1.82, 2.24) is 9.97 Å². The second kappa shape index (κ2) is 3.30. The Kier molecular flexibility index (Phi) is 2.09. The molecular weight excluding hydrogens is 293 g/mol. The van der Waals surface area contributed by atoms with Crippen molar-refractivity contribution in [2.24, 2.45) is 0 Å². The SMILES string of the molecule is Ic1cncnc1N1CC2CC1CO2. The van der Waals surface area contributed by atoms with Gasteiger partial charge in [-0.1, -0.05) is 0 Å². The molecule has 1 aromatic rings. The minimum Gasteiger partial charge on any atom is -0.374 e. The van der Waals surface area contributed by atoms with Crippen LogP contribution in [0, 0.1) is 3.57 Å². The Morgan fingerprint density at radius 1 is 1.57 bits per heavy atom. The first-order valence-corrected chi connectivity index (χ1v) is 5.76. The standard InChI is InChI=1S/C9H10IN3O/c10-8-2-11-5-12-9(8)13-3-7-1-6(13)4-14-7/h2,5-7H,1,3-4H2. The fraction of sp³-hybridized carbons (Fsp3) is 0.556. The Bertz CT molecular complexity index is 360. The third kappa shape index (κ3) is 1.30. The molecule has 5 heteroatoms. The molecular formula is C9H10IN3O. The van der Waals surface area contributed by atoms with Crippen LogP contribution < -0.4 is 4.90 Å². The lowest BCUT2D eigenvalue weighted by molar-refractivity contribution is 0.0988. The molecule has 2 saturated heterocycles. The summed E-state index contributed by atoms with van der Waals surface area (Å²) in [6.45, 7) is 1.84. The van der Waals surface area contributed by atoms with Crippen LogP contribution >= 0.6 is 22.6 Å². The molecule has 2 unspecified atom stereocenters.